The molecule has 0 saturated heterocycles. The van der Waals surface area contributed by atoms with Gasteiger partial charge in [-0.15, -0.1) is 10.2 Å². The highest BCUT2D eigenvalue weighted by Crippen LogP contribution is 2.38. The zero-order valence-electron chi connectivity index (χ0n) is 19.4. The number of H-pyrrole nitrogens is 1. The summed E-state index contributed by atoms with van der Waals surface area (Å²) in [6.45, 7) is 6.03. The van der Waals surface area contributed by atoms with Crippen LogP contribution < -0.4 is 10.3 Å². The average Bonchev–Trinajstić information content (AvgIpc) is 3.15. The number of aromatic nitrogens is 2. The van der Waals surface area contributed by atoms with Crippen LogP contribution in [0.25, 0.3) is 16.8 Å². The molecule has 3 aromatic carbocycles. The van der Waals surface area contributed by atoms with Crippen LogP contribution in [0.15, 0.2) is 75.7 Å². The summed E-state index contributed by atoms with van der Waals surface area (Å²) < 4.78 is 6.91. The molecule has 0 aliphatic rings. The first kappa shape index (κ1) is 23.5. The molecule has 35 heavy (non-hydrogen) atoms. The maximum absolute atomic E-state index is 13.1. The molecule has 178 valence electrons. The van der Waals surface area contributed by atoms with Crippen LogP contribution in [0.5, 0.6) is 11.6 Å². The molecule has 9 heteroatoms. The largest absolute Gasteiger partial charge is 0.505 e. The number of carboxylic acids is 1. The molecule has 1 heterocycles. The lowest BCUT2D eigenvalue weighted by molar-refractivity contribution is 0.0697. The number of hydrogen-bond donors (Lipinski definition) is 3. The predicted octanol–water partition coefficient (Wildman–Crippen LogP) is 5.67. The minimum atomic E-state index is -1.07. The predicted molar refractivity (Wildman–Crippen MR) is 132 cm³/mol. The maximum Gasteiger partial charge on any atom is 0.335 e. The number of aromatic amines is 1. The zero-order valence-corrected chi connectivity index (χ0v) is 19.4. The van der Waals surface area contributed by atoms with Crippen LogP contribution in [-0.2, 0) is 0 Å². The van der Waals surface area contributed by atoms with E-state index in [1.807, 2.05) is 32.0 Å². The Labute approximate surface area is 201 Å². The number of aryl methyl sites for hydroxylation is 2. The van der Waals surface area contributed by atoms with Gasteiger partial charge in [0, 0.05) is 5.56 Å². The smallest absolute Gasteiger partial charge is 0.335 e. The second kappa shape index (κ2) is 9.68. The van der Waals surface area contributed by atoms with Crippen molar-refractivity contribution in [1.82, 2.24) is 9.78 Å². The van der Waals surface area contributed by atoms with Crippen molar-refractivity contribution < 1.29 is 19.7 Å². The third-order valence-corrected chi connectivity index (χ3v) is 5.56. The molecule has 0 aliphatic heterocycles. The number of azo groups is 1. The van der Waals surface area contributed by atoms with Gasteiger partial charge in [0.05, 0.1) is 17.9 Å². The van der Waals surface area contributed by atoms with Crippen LogP contribution in [0.4, 0.5) is 11.4 Å². The molecule has 4 rings (SSSR count). The van der Waals surface area contributed by atoms with Crippen molar-refractivity contribution in [3.05, 3.63) is 87.7 Å². The molecule has 0 atom stereocenters. The molecular formula is C26H24N4O5. The average molecular weight is 473 g/mol. The Bertz CT molecular complexity index is 1500. The molecule has 0 saturated carbocycles. The molecule has 3 N–H and O–H groups in total. The van der Waals surface area contributed by atoms with E-state index < -0.39 is 11.5 Å². The number of aromatic hydroxyl groups is 1. The fourth-order valence-corrected chi connectivity index (χ4v) is 3.56. The van der Waals surface area contributed by atoms with Gasteiger partial charge in [-0.3, -0.25) is 9.89 Å². The van der Waals surface area contributed by atoms with Gasteiger partial charge in [-0.1, -0.05) is 30.3 Å². The molecule has 0 radical (unpaired) electrons. The second-order valence-corrected chi connectivity index (χ2v) is 7.89. The number of phenolic OH excluding ortho intramolecular Hbond substituents is 1. The van der Waals surface area contributed by atoms with E-state index in [9.17, 15) is 19.8 Å². The zero-order chi connectivity index (χ0) is 25.1. The van der Waals surface area contributed by atoms with Gasteiger partial charge in [-0.05, 0) is 67.8 Å². The first-order valence-electron chi connectivity index (χ1n) is 10.9. The first-order chi connectivity index (χ1) is 16.8. The van der Waals surface area contributed by atoms with Gasteiger partial charge in [0.2, 0.25) is 11.6 Å². The monoisotopic (exact) mass is 472 g/mol. The Kier molecular flexibility index (Phi) is 6.50. The van der Waals surface area contributed by atoms with Crippen molar-refractivity contribution in [2.24, 2.45) is 10.2 Å². The van der Waals surface area contributed by atoms with Gasteiger partial charge in [0.1, 0.15) is 5.69 Å². The number of para-hydroxylation sites is 1. The molecule has 0 amide bonds. The number of carbonyl (C=O) groups is 1. The lowest BCUT2D eigenvalue weighted by Crippen LogP contribution is -2.14. The van der Waals surface area contributed by atoms with E-state index in [0.29, 0.717) is 23.4 Å². The molecular weight excluding hydrogens is 448 g/mol. The minimum absolute atomic E-state index is 0.0391. The van der Waals surface area contributed by atoms with Crippen molar-refractivity contribution in [2.75, 3.05) is 6.61 Å². The fraction of sp³-hybridized carbons (Fsp3) is 0.154. The Balaban J connectivity index is 1.75. The molecule has 1 aromatic heterocycles. The van der Waals surface area contributed by atoms with Gasteiger partial charge in [-0.2, -0.15) is 0 Å². The molecule has 4 aromatic rings. The Morgan fingerprint density at radius 2 is 1.80 bits per heavy atom. The maximum atomic E-state index is 13.1. The number of nitrogens with one attached hydrogen (secondary N) is 1. The summed E-state index contributed by atoms with van der Waals surface area (Å²) in [4.78, 5) is 24.4. The van der Waals surface area contributed by atoms with Crippen LogP contribution >= 0.6 is 0 Å². The fourth-order valence-electron chi connectivity index (χ4n) is 3.56. The molecule has 0 fully saturated rings. The van der Waals surface area contributed by atoms with Crippen molar-refractivity contribution in [2.45, 2.75) is 20.8 Å². The molecule has 0 unspecified atom stereocenters. The van der Waals surface area contributed by atoms with Gasteiger partial charge < -0.3 is 14.9 Å². The molecule has 0 spiro atoms. The van der Waals surface area contributed by atoms with Crippen molar-refractivity contribution >= 4 is 17.3 Å². The standard InChI is InChI=1S/C26H24N4O5/c1-4-35-24-22(25(32)30(29-24)19-12-11-15(2)16(3)13-19)28-27-21-10-6-9-20(23(21)31)17-7-5-8-18(14-17)26(33)34/h5-14,29,31H,4H2,1-3H3,(H,33,34). The summed E-state index contributed by atoms with van der Waals surface area (Å²) >= 11 is 0. The van der Waals surface area contributed by atoms with Gasteiger partial charge in [-0.25, -0.2) is 9.48 Å². The number of hydrogen-bond acceptors (Lipinski definition) is 6. The van der Waals surface area contributed by atoms with E-state index in [2.05, 4.69) is 15.3 Å². The quantitative estimate of drug-likeness (QED) is 0.299. The number of nitrogens with zero attached hydrogens (tertiary/aromatic N) is 3. The van der Waals surface area contributed by atoms with Crippen LogP contribution in [-0.4, -0.2) is 32.6 Å². The number of carboxylic acid groups (broad SMARTS) is 1. The minimum Gasteiger partial charge on any atom is -0.505 e. The lowest BCUT2D eigenvalue weighted by Gasteiger charge is -2.07. The van der Waals surface area contributed by atoms with Crippen molar-refractivity contribution in [3.63, 3.8) is 0 Å². The number of phenols is 1. The first-order valence-corrected chi connectivity index (χ1v) is 10.9. The third-order valence-electron chi connectivity index (χ3n) is 5.56. The molecule has 0 bridgehead atoms. The number of rotatable bonds is 7. The lowest BCUT2D eigenvalue weighted by atomic mass is 10.0. The van der Waals surface area contributed by atoms with Crippen molar-refractivity contribution in [3.8, 4) is 28.4 Å². The SMILES string of the molecule is CCOc1[nH]n(-c2ccc(C)c(C)c2)c(=O)c1N=Nc1cccc(-c2cccc(C(=O)O)c2)c1O. The van der Waals surface area contributed by atoms with Gasteiger partial charge >= 0.3 is 11.5 Å². The van der Waals surface area contributed by atoms with Gasteiger partial charge in [0.15, 0.2) is 5.75 Å². The highest BCUT2D eigenvalue weighted by molar-refractivity contribution is 5.90. The van der Waals surface area contributed by atoms with Crippen LogP contribution in [0.3, 0.4) is 0 Å². The van der Waals surface area contributed by atoms with E-state index in [0.717, 1.165) is 11.1 Å². The second-order valence-electron chi connectivity index (χ2n) is 7.89. The van der Waals surface area contributed by atoms with E-state index in [4.69, 9.17) is 4.74 Å². The Morgan fingerprint density at radius 3 is 2.51 bits per heavy atom. The van der Waals surface area contributed by atoms with Crippen LogP contribution in [0.1, 0.15) is 28.4 Å². The summed E-state index contributed by atoms with van der Waals surface area (Å²) in [5, 5.41) is 31.2. The molecule has 0 aliphatic carbocycles. The highest BCUT2D eigenvalue weighted by atomic mass is 16.5. The van der Waals surface area contributed by atoms with Crippen LogP contribution in [0, 0.1) is 13.8 Å². The summed E-state index contributed by atoms with van der Waals surface area (Å²) in [6.07, 6.45) is 0. The summed E-state index contributed by atoms with van der Waals surface area (Å²) in [6, 6.07) is 16.7. The van der Waals surface area contributed by atoms with E-state index in [-0.39, 0.29) is 28.6 Å². The van der Waals surface area contributed by atoms with Gasteiger partial charge in [0.25, 0.3) is 0 Å². The topological polar surface area (TPSA) is 129 Å². The Morgan fingerprint density at radius 1 is 1.03 bits per heavy atom. The summed E-state index contributed by atoms with van der Waals surface area (Å²) in [5.41, 5.74) is 3.36. The van der Waals surface area contributed by atoms with E-state index >= 15 is 0 Å². The van der Waals surface area contributed by atoms with E-state index in [1.54, 1.807) is 31.2 Å². The van der Waals surface area contributed by atoms with Crippen LogP contribution in [0.2, 0.25) is 0 Å². The van der Waals surface area contributed by atoms with E-state index in [1.165, 1.54) is 22.9 Å². The highest BCUT2D eigenvalue weighted by Gasteiger charge is 2.18. The van der Waals surface area contributed by atoms with Crippen molar-refractivity contribution in [1.29, 1.82) is 0 Å². The summed E-state index contributed by atoms with van der Waals surface area (Å²) in [7, 11) is 0. The Hall–Kier alpha value is -4.66. The number of aromatic carboxylic acids is 1. The summed E-state index contributed by atoms with van der Waals surface area (Å²) in [5.74, 6) is -1.11. The number of ether oxygens (including phenoxy) is 1. The third kappa shape index (κ3) is 4.70. The molecule has 9 nitrogen and oxygen atoms in total. The number of benzene rings is 3. The normalized spacial score (nSPS) is 11.2.